The van der Waals surface area contributed by atoms with Gasteiger partial charge in [0.15, 0.2) is 0 Å². The van der Waals surface area contributed by atoms with Gasteiger partial charge >= 0.3 is 0 Å². The molecule has 0 fully saturated rings. The Morgan fingerprint density at radius 3 is 2.64 bits per heavy atom. The van der Waals surface area contributed by atoms with Crippen molar-refractivity contribution >= 4 is 51.6 Å². The van der Waals surface area contributed by atoms with Gasteiger partial charge in [-0.2, -0.15) is 4.98 Å². The van der Waals surface area contributed by atoms with Crippen LogP contribution < -0.4 is 10.2 Å². The quantitative estimate of drug-likeness (QED) is 0.410. The minimum atomic E-state index is -0.374. The molecule has 33 heavy (non-hydrogen) atoms. The van der Waals surface area contributed by atoms with Gasteiger partial charge in [0, 0.05) is 23.1 Å². The van der Waals surface area contributed by atoms with Gasteiger partial charge in [0.1, 0.15) is 12.1 Å². The standard InChI is InChI=1S/C24H15ClN6O2/c1-30(21-18-8-6-15(25)11-20(18)31-12-26-29-24(31)27-21)16-4-2-3-13(9-16)14-5-7-17-19(10-14)23(33)28-22(17)32/h2-12H,1H3,(H,28,32,33). The van der Waals surface area contributed by atoms with Crippen LogP contribution in [0.2, 0.25) is 5.02 Å². The highest BCUT2D eigenvalue weighted by Crippen LogP contribution is 2.34. The molecule has 0 saturated heterocycles. The lowest BCUT2D eigenvalue weighted by molar-refractivity contribution is 0.0879. The molecule has 6 rings (SSSR count). The number of nitrogens with one attached hydrogen (secondary N) is 1. The fourth-order valence-electron chi connectivity index (χ4n) is 4.14. The minimum absolute atomic E-state index is 0.364. The SMILES string of the molecule is CN(c1cccc(-c2ccc3c(c2)C(=O)NC3=O)c1)c1nc2nncn2c2cc(Cl)ccc12. The average Bonchev–Trinajstić information content (AvgIpc) is 3.42. The zero-order valence-electron chi connectivity index (χ0n) is 17.3. The van der Waals surface area contributed by atoms with Crippen molar-refractivity contribution in [3.63, 3.8) is 0 Å². The Balaban J connectivity index is 1.46. The number of halogens is 1. The van der Waals surface area contributed by atoms with Crippen molar-refractivity contribution in [1.29, 1.82) is 0 Å². The minimum Gasteiger partial charge on any atom is -0.329 e. The van der Waals surface area contributed by atoms with Crippen molar-refractivity contribution in [2.75, 3.05) is 11.9 Å². The van der Waals surface area contributed by atoms with Crippen LogP contribution in [-0.2, 0) is 0 Å². The summed E-state index contributed by atoms with van der Waals surface area (Å²) < 4.78 is 1.80. The van der Waals surface area contributed by atoms with Crippen LogP contribution in [0, 0.1) is 0 Å². The molecular formula is C24H15ClN6O2. The number of anilines is 2. The van der Waals surface area contributed by atoms with Gasteiger partial charge in [0.05, 0.1) is 16.6 Å². The molecule has 3 aromatic carbocycles. The summed E-state index contributed by atoms with van der Waals surface area (Å²) in [4.78, 5) is 30.6. The summed E-state index contributed by atoms with van der Waals surface area (Å²) >= 11 is 6.25. The van der Waals surface area contributed by atoms with E-state index < -0.39 is 0 Å². The Labute approximate surface area is 192 Å². The number of benzene rings is 3. The fraction of sp³-hybridized carbons (Fsp3) is 0.0417. The number of imide groups is 1. The van der Waals surface area contributed by atoms with Crippen LogP contribution in [-0.4, -0.2) is 38.4 Å². The van der Waals surface area contributed by atoms with E-state index in [0.717, 1.165) is 27.7 Å². The summed E-state index contributed by atoms with van der Waals surface area (Å²) in [6, 6.07) is 18.8. The number of fused-ring (bicyclic) bond motifs is 4. The van der Waals surface area contributed by atoms with Gasteiger partial charge in [0.2, 0.25) is 0 Å². The van der Waals surface area contributed by atoms with Gasteiger partial charge < -0.3 is 4.90 Å². The Morgan fingerprint density at radius 2 is 1.76 bits per heavy atom. The Morgan fingerprint density at radius 1 is 0.939 bits per heavy atom. The Kier molecular flexibility index (Phi) is 4.18. The summed E-state index contributed by atoms with van der Waals surface area (Å²) in [5.41, 5.74) is 4.27. The summed E-state index contributed by atoms with van der Waals surface area (Å²) in [6.45, 7) is 0. The topological polar surface area (TPSA) is 92.5 Å². The Bertz CT molecular complexity index is 1630. The van der Waals surface area contributed by atoms with Crippen LogP contribution >= 0.6 is 11.6 Å². The zero-order valence-corrected chi connectivity index (χ0v) is 18.0. The van der Waals surface area contributed by atoms with Crippen molar-refractivity contribution in [2.45, 2.75) is 0 Å². The third-order valence-electron chi connectivity index (χ3n) is 5.82. The van der Waals surface area contributed by atoms with E-state index in [2.05, 4.69) is 15.5 Å². The molecule has 0 saturated carbocycles. The van der Waals surface area contributed by atoms with E-state index in [1.165, 1.54) is 0 Å². The molecule has 9 heteroatoms. The molecule has 1 aliphatic heterocycles. The second-order valence-electron chi connectivity index (χ2n) is 7.75. The summed E-state index contributed by atoms with van der Waals surface area (Å²) in [6.07, 6.45) is 1.61. The molecule has 1 aliphatic rings. The highest BCUT2D eigenvalue weighted by Gasteiger charge is 2.26. The smallest absolute Gasteiger partial charge is 0.258 e. The van der Waals surface area contributed by atoms with Crippen molar-refractivity contribution in [2.24, 2.45) is 0 Å². The monoisotopic (exact) mass is 454 g/mol. The van der Waals surface area contributed by atoms with Gasteiger partial charge in [-0.25, -0.2) is 0 Å². The third kappa shape index (κ3) is 3.03. The van der Waals surface area contributed by atoms with E-state index in [-0.39, 0.29) is 11.8 Å². The molecule has 2 aromatic heterocycles. The van der Waals surface area contributed by atoms with Gasteiger partial charge in [-0.15, -0.1) is 10.2 Å². The van der Waals surface area contributed by atoms with Crippen LogP contribution in [0.3, 0.4) is 0 Å². The number of carbonyl (C=O) groups is 2. The first-order valence-corrected chi connectivity index (χ1v) is 10.5. The van der Waals surface area contributed by atoms with Crippen molar-refractivity contribution in [3.05, 3.63) is 83.1 Å². The highest BCUT2D eigenvalue weighted by molar-refractivity contribution is 6.31. The van der Waals surface area contributed by atoms with Crippen molar-refractivity contribution in [1.82, 2.24) is 24.9 Å². The third-order valence-corrected chi connectivity index (χ3v) is 6.05. The van der Waals surface area contributed by atoms with E-state index in [1.807, 2.05) is 60.5 Å². The number of nitrogens with zero attached hydrogens (tertiary/aromatic N) is 5. The zero-order chi connectivity index (χ0) is 22.7. The molecule has 160 valence electrons. The van der Waals surface area contributed by atoms with Gasteiger partial charge in [0.25, 0.3) is 17.6 Å². The number of aromatic nitrogens is 4. The van der Waals surface area contributed by atoms with Crippen molar-refractivity contribution in [3.8, 4) is 11.1 Å². The molecule has 0 spiro atoms. The molecule has 0 atom stereocenters. The summed E-state index contributed by atoms with van der Waals surface area (Å²) in [5.74, 6) is 0.438. The van der Waals surface area contributed by atoms with E-state index in [9.17, 15) is 9.59 Å². The lowest BCUT2D eigenvalue weighted by Gasteiger charge is -2.21. The second-order valence-corrected chi connectivity index (χ2v) is 8.19. The first-order valence-electron chi connectivity index (χ1n) is 10.1. The number of amides is 2. The van der Waals surface area contributed by atoms with Crippen LogP contribution in [0.5, 0.6) is 0 Å². The van der Waals surface area contributed by atoms with E-state index in [1.54, 1.807) is 22.9 Å². The predicted molar refractivity (Wildman–Crippen MR) is 125 cm³/mol. The number of carbonyl (C=O) groups excluding carboxylic acids is 2. The molecule has 2 amide bonds. The van der Waals surface area contributed by atoms with E-state index >= 15 is 0 Å². The molecule has 3 heterocycles. The maximum Gasteiger partial charge on any atom is 0.258 e. The van der Waals surface area contributed by atoms with Crippen LogP contribution in [0.4, 0.5) is 11.5 Å². The lowest BCUT2D eigenvalue weighted by atomic mass is 9.99. The van der Waals surface area contributed by atoms with Crippen LogP contribution in [0.15, 0.2) is 67.0 Å². The van der Waals surface area contributed by atoms with Crippen LogP contribution in [0.1, 0.15) is 20.7 Å². The number of hydrogen-bond donors (Lipinski definition) is 1. The van der Waals surface area contributed by atoms with E-state index in [4.69, 9.17) is 16.6 Å². The maximum atomic E-state index is 12.1. The highest BCUT2D eigenvalue weighted by atomic mass is 35.5. The number of rotatable bonds is 3. The second kappa shape index (κ2) is 7.11. The molecule has 0 unspecified atom stereocenters. The van der Waals surface area contributed by atoms with Gasteiger partial charge in [-0.3, -0.25) is 19.3 Å². The molecule has 1 N–H and O–H groups in total. The molecule has 0 aliphatic carbocycles. The van der Waals surface area contributed by atoms with Gasteiger partial charge in [-0.05, 0) is 53.6 Å². The predicted octanol–water partition coefficient (Wildman–Crippen LogP) is 4.25. The summed E-state index contributed by atoms with van der Waals surface area (Å²) in [7, 11) is 1.93. The van der Waals surface area contributed by atoms with Crippen LogP contribution in [0.25, 0.3) is 27.8 Å². The molecular weight excluding hydrogens is 440 g/mol. The fourth-order valence-corrected chi connectivity index (χ4v) is 4.31. The molecule has 0 radical (unpaired) electrons. The number of hydrogen-bond acceptors (Lipinski definition) is 6. The van der Waals surface area contributed by atoms with Crippen molar-refractivity contribution < 1.29 is 9.59 Å². The average molecular weight is 455 g/mol. The summed E-state index contributed by atoms with van der Waals surface area (Å²) in [5, 5.41) is 11.9. The lowest BCUT2D eigenvalue weighted by Crippen LogP contribution is -2.19. The molecule has 8 nitrogen and oxygen atoms in total. The first-order chi connectivity index (χ1) is 16.0. The first kappa shape index (κ1) is 19.4. The Hall–Kier alpha value is -4.30. The maximum absolute atomic E-state index is 12.1. The van der Waals surface area contributed by atoms with Gasteiger partial charge in [-0.1, -0.05) is 29.8 Å². The molecule has 0 bridgehead atoms. The largest absolute Gasteiger partial charge is 0.329 e. The normalized spacial score (nSPS) is 12.9. The molecule has 5 aromatic rings. The van der Waals surface area contributed by atoms with E-state index in [0.29, 0.717) is 27.7 Å².